The highest BCUT2D eigenvalue weighted by Crippen LogP contribution is 2.42. The molecule has 0 spiro atoms. The normalized spacial score (nSPS) is 29.9. The van der Waals surface area contributed by atoms with Crippen LogP contribution in [0.2, 0.25) is 0 Å². The van der Waals surface area contributed by atoms with Crippen molar-refractivity contribution in [2.45, 2.75) is 38.1 Å². The van der Waals surface area contributed by atoms with Gasteiger partial charge in [-0.3, -0.25) is 14.7 Å². The van der Waals surface area contributed by atoms with Crippen LogP contribution in [0, 0.1) is 11.8 Å². The van der Waals surface area contributed by atoms with E-state index in [1.807, 2.05) is 36.5 Å². The van der Waals surface area contributed by atoms with E-state index in [9.17, 15) is 4.79 Å². The van der Waals surface area contributed by atoms with Gasteiger partial charge in [0.2, 0.25) is 0 Å². The minimum Gasteiger partial charge on any atom is -0.453 e. The van der Waals surface area contributed by atoms with Crippen LogP contribution in [0.4, 0.5) is 0 Å². The van der Waals surface area contributed by atoms with Crippen LogP contribution in [-0.2, 0) is 0 Å². The summed E-state index contributed by atoms with van der Waals surface area (Å²) >= 11 is 0. The zero-order chi connectivity index (χ0) is 18.2. The van der Waals surface area contributed by atoms with E-state index in [1.165, 1.54) is 31.5 Å². The van der Waals surface area contributed by atoms with Gasteiger partial charge in [-0.25, -0.2) is 0 Å². The Labute approximate surface area is 159 Å². The first-order valence-electron chi connectivity index (χ1n) is 10.2. The summed E-state index contributed by atoms with van der Waals surface area (Å²) in [5.74, 6) is 1.75. The first-order valence-corrected chi connectivity index (χ1v) is 10.2. The number of furan rings is 1. The predicted octanol–water partition coefficient (Wildman–Crippen LogP) is 4.51. The number of hydrogen-bond donors (Lipinski definition) is 0. The third-order valence-corrected chi connectivity index (χ3v) is 6.63. The van der Waals surface area contributed by atoms with E-state index in [0.29, 0.717) is 30.1 Å². The van der Waals surface area contributed by atoms with Crippen molar-refractivity contribution in [2.24, 2.45) is 16.8 Å². The van der Waals surface area contributed by atoms with E-state index in [4.69, 9.17) is 4.42 Å². The molecule has 0 radical (unpaired) electrons. The van der Waals surface area contributed by atoms with Crippen LogP contribution in [0.25, 0.3) is 11.0 Å². The SMILES string of the molecule is O=C(CC1C2CCN(CC2)C1CC1=CCCN=C1)c1cc2ccccc2o1. The van der Waals surface area contributed by atoms with E-state index in [1.54, 1.807) is 0 Å². The Bertz CT molecular complexity index is 869. The topological polar surface area (TPSA) is 45.8 Å². The summed E-state index contributed by atoms with van der Waals surface area (Å²) < 4.78 is 5.84. The van der Waals surface area contributed by atoms with Gasteiger partial charge >= 0.3 is 0 Å². The fourth-order valence-corrected chi connectivity index (χ4v) is 5.22. The number of ketones is 1. The second-order valence-corrected chi connectivity index (χ2v) is 8.19. The molecule has 27 heavy (non-hydrogen) atoms. The van der Waals surface area contributed by atoms with Gasteiger partial charge in [-0.05, 0) is 68.3 Å². The van der Waals surface area contributed by atoms with Crippen LogP contribution in [0.1, 0.15) is 42.7 Å². The van der Waals surface area contributed by atoms with Crippen molar-refractivity contribution in [1.29, 1.82) is 0 Å². The molecule has 5 heterocycles. The Morgan fingerprint density at radius 3 is 2.85 bits per heavy atom. The molecule has 4 nitrogen and oxygen atoms in total. The molecule has 0 amide bonds. The van der Waals surface area contributed by atoms with Crippen molar-refractivity contribution < 1.29 is 9.21 Å². The Hall–Kier alpha value is -2.20. The summed E-state index contributed by atoms with van der Waals surface area (Å²) in [6, 6.07) is 10.2. The quantitative estimate of drug-likeness (QED) is 0.735. The van der Waals surface area contributed by atoms with Crippen LogP contribution in [0.5, 0.6) is 0 Å². The summed E-state index contributed by atoms with van der Waals surface area (Å²) in [5, 5.41) is 1.01. The molecule has 0 N–H and O–H groups in total. The zero-order valence-corrected chi connectivity index (χ0v) is 15.6. The minimum atomic E-state index is 0.154. The second kappa shape index (κ2) is 7.08. The van der Waals surface area contributed by atoms with Crippen molar-refractivity contribution in [1.82, 2.24) is 4.90 Å². The van der Waals surface area contributed by atoms with Gasteiger partial charge in [0.05, 0.1) is 0 Å². The number of rotatable bonds is 5. The molecule has 2 aromatic rings. The average molecular weight is 362 g/mol. The zero-order valence-electron chi connectivity index (χ0n) is 15.6. The van der Waals surface area contributed by atoms with Crippen molar-refractivity contribution in [3.63, 3.8) is 0 Å². The van der Waals surface area contributed by atoms with Crippen LogP contribution in [0.15, 0.2) is 51.4 Å². The molecule has 1 aromatic heterocycles. The van der Waals surface area contributed by atoms with Crippen LogP contribution >= 0.6 is 0 Å². The first kappa shape index (κ1) is 16.9. The first-order chi connectivity index (χ1) is 13.3. The monoisotopic (exact) mass is 362 g/mol. The van der Waals surface area contributed by atoms with Gasteiger partial charge in [0, 0.05) is 30.6 Å². The summed E-state index contributed by atoms with van der Waals surface area (Å²) in [4.78, 5) is 20.1. The lowest BCUT2D eigenvalue weighted by atomic mass is 9.70. The smallest absolute Gasteiger partial charge is 0.198 e. The standard InChI is InChI=1S/C23H26N2O2/c26-21(23-13-18-5-1-2-6-22(18)27-23)14-19-17-7-10-25(11-8-17)20(19)12-16-4-3-9-24-15-16/h1-2,4-6,13,15,17,19-20H,3,7-12,14H2. The maximum atomic E-state index is 13.0. The highest BCUT2D eigenvalue weighted by molar-refractivity contribution is 5.97. The molecule has 3 saturated heterocycles. The summed E-state index contributed by atoms with van der Waals surface area (Å²) in [5.41, 5.74) is 2.15. The number of piperidine rings is 3. The van der Waals surface area contributed by atoms with Crippen LogP contribution < -0.4 is 0 Å². The number of benzene rings is 1. The highest BCUT2D eigenvalue weighted by atomic mass is 16.3. The third kappa shape index (κ3) is 3.27. The molecule has 2 bridgehead atoms. The second-order valence-electron chi connectivity index (χ2n) is 8.19. The summed E-state index contributed by atoms with van der Waals surface area (Å²) in [6.45, 7) is 3.26. The van der Waals surface area contributed by atoms with Crippen molar-refractivity contribution in [2.75, 3.05) is 19.6 Å². The number of Topliss-reactive ketones (excluding diaryl/α,β-unsaturated/α-hetero) is 1. The van der Waals surface area contributed by atoms with E-state index in [2.05, 4.69) is 16.0 Å². The molecule has 4 aliphatic heterocycles. The third-order valence-electron chi connectivity index (χ3n) is 6.63. The molecular weight excluding hydrogens is 336 g/mol. The number of aliphatic imine (C=N–C) groups is 1. The maximum absolute atomic E-state index is 13.0. The van der Waals surface area contributed by atoms with Gasteiger partial charge in [-0.1, -0.05) is 24.3 Å². The fourth-order valence-electron chi connectivity index (χ4n) is 5.22. The lowest BCUT2D eigenvalue weighted by molar-refractivity contribution is -0.0109. The molecular formula is C23H26N2O2. The van der Waals surface area contributed by atoms with Gasteiger partial charge in [0.15, 0.2) is 11.5 Å². The van der Waals surface area contributed by atoms with Gasteiger partial charge in [-0.2, -0.15) is 0 Å². The van der Waals surface area contributed by atoms with Crippen molar-refractivity contribution in [3.8, 4) is 0 Å². The number of para-hydroxylation sites is 1. The maximum Gasteiger partial charge on any atom is 0.198 e. The van der Waals surface area contributed by atoms with Gasteiger partial charge in [0.25, 0.3) is 0 Å². The fraction of sp³-hybridized carbons (Fsp3) is 0.478. The van der Waals surface area contributed by atoms with E-state index in [0.717, 1.165) is 30.4 Å². The van der Waals surface area contributed by atoms with Gasteiger partial charge in [-0.15, -0.1) is 0 Å². The molecule has 4 heteroatoms. The Morgan fingerprint density at radius 2 is 2.07 bits per heavy atom. The predicted molar refractivity (Wildman–Crippen MR) is 107 cm³/mol. The summed E-state index contributed by atoms with van der Waals surface area (Å²) in [6.07, 6.45) is 9.49. The number of dihydropyridines is 1. The Morgan fingerprint density at radius 1 is 1.22 bits per heavy atom. The van der Waals surface area contributed by atoms with E-state index in [-0.39, 0.29) is 5.78 Å². The van der Waals surface area contributed by atoms with E-state index < -0.39 is 0 Å². The van der Waals surface area contributed by atoms with Gasteiger partial charge < -0.3 is 4.42 Å². The number of carbonyl (C=O) groups is 1. The van der Waals surface area contributed by atoms with Gasteiger partial charge in [0.1, 0.15) is 5.58 Å². The molecule has 1 aromatic carbocycles. The summed E-state index contributed by atoms with van der Waals surface area (Å²) in [7, 11) is 0. The Kier molecular flexibility index (Phi) is 4.44. The number of fused-ring (bicyclic) bond motifs is 4. The number of carbonyl (C=O) groups excluding carboxylic acids is 1. The highest BCUT2D eigenvalue weighted by Gasteiger charge is 2.43. The molecule has 0 saturated carbocycles. The molecule has 6 rings (SSSR count). The molecule has 4 aliphatic rings. The average Bonchev–Trinajstić information content (AvgIpc) is 3.16. The largest absolute Gasteiger partial charge is 0.453 e. The van der Waals surface area contributed by atoms with Crippen molar-refractivity contribution >= 4 is 23.0 Å². The minimum absolute atomic E-state index is 0.154. The lowest BCUT2D eigenvalue weighted by Crippen LogP contribution is -2.55. The van der Waals surface area contributed by atoms with Crippen molar-refractivity contribution in [3.05, 3.63) is 47.7 Å². The van der Waals surface area contributed by atoms with Crippen LogP contribution in [0.3, 0.4) is 0 Å². The number of hydrogen-bond acceptors (Lipinski definition) is 4. The lowest BCUT2D eigenvalue weighted by Gasteiger charge is -2.51. The van der Waals surface area contributed by atoms with Crippen LogP contribution in [-0.4, -0.2) is 42.6 Å². The molecule has 2 unspecified atom stereocenters. The number of nitrogens with zero attached hydrogens (tertiary/aromatic N) is 2. The molecule has 140 valence electrons. The molecule has 2 atom stereocenters. The molecule has 0 aliphatic carbocycles. The molecule has 3 fully saturated rings. The van der Waals surface area contributed by atoms with E-state index >= 15 is 0 Å². The Balaban J connectivity index is 1.36.